The molecule has 0 nitrogen and oxygen atoms in total. The monoisotopic (exact) mass is 172 g/mol. The third-order valence-electron chi connectivity index (χ3n) is 1.80. The molecular weight excluding hydrogens is 144 g/mol. The van der Waals surface area contributed by atoms with Gasteiger partial charge in [0.15, 0.2) is 0 Å². The Morgan fingerprint density at radius 1 is 0.833 bits per heavy atom. The lowest BCUT2D eigenvalue weighted by Gasteiger charge is -2.22. The molecular formula is C12H28. The van der Waals surface area contributed by atoms with Crippen molar-refractivity contribution in [3.8, 4) is 0 Å². The molecule has 0 aromatic rings. The second-order valence-electron chi connectivity index (χ2n) is 3.62. The number of hydrogen-bond donors (Lipinski definition) is 0. The van der Waals surface area contributed by atoms with E-state index < -0.39 is 0 Å². The van der Waals surface area contributed by atoms with Crippen LogP contribution in [0.25, 0.3) is 0 Å². The highest BCUT2D eigenvalue weighted by atomic mass is 14.2. The lowest BCUT2D eigenvalue weighted by Crippen LogP contribution is -2.08. The third-order valence-corrected chi connectivity index (χ3v) is 1.80. The third kappa shape index (κ3) is 12.7. The Bertz CT molecular complexity index is 48.3. The molecule has 0 atom stereocenters. The van der Waals surface area contributed by atoms with Crippen LogP contribution in [0.4, 0.5) is 0 Å². The van der Waals surface area contributed by atoms with Gasteiger partial charge in [-0.25, -0.2) is 0 Å². The molecule has 1 fully saturated rings. The van der Waals surface area contributed by atoms with Gasteiger partial charge >= 0.3 is 0 Å². The molecule has 1 aliphatic rings. The predicted octanol–water partition coefficient (Wildman–Crippen LogP) is 5.03. The van der Waals surface area contributed by atoms with Crippen LogP contribution in [0.5, 0.6) is 0 Å². The SMILES string of the molecule is CCC.CCC.CCC1CCC1. The molecule has 0 aliphatic heterocycles. The summed E-state index contributed by atoms with van der Waals surface area (Å²) in [5.74, 6) is 1.12. The molecule has 1 saturated carbocycles. The molecule has 0 spiro atoms. The minimum Gasteiger partial charge on any atom is -0.0656 e. The van der Waals surface area contributed by atoms with E-state index in [4.69, 9.17) is 0 Å². The summed E-state index contributed by atoms with van der Waals surface area (Å²) in [6, 6.07) is 0. The van der Waals surface area contributed by atoms with E-state index in [1.165, 1.54) is 38.5 Å². The Morgan fingerprint density at radius 2 is 1.17 bits per heavy atom. The largest absolute Gasteiger partial charge is 0.0656 e. The van der Waals surface area contributed by atoms with Crippen LogP contribution in [-0.2, 0) is 0 Å². The maximum atomic E-state index is 2.28. The van der Waals surface area contributed by atoms with E-state index in [1.54, 1.807) is 0 Å². The van der Waals surface area contributed by atoms with Crippen molar-refractivity contribution in [3.05, 3.63) is 0 Å². The lowest BCUT2D eigenvalue weighted by atomic mass is 9.84. The maximum Gasteiger partial charge on any atom is -0.0417 e. The molecule has 0 radical (unpaired) electrons. The molecule has 0 aromatic heterocycles. The van der Waals surface area contributed by atoms with Gasteiger partial charge in [-0.2, -0.15) is 0 Å². The summed E-state index contributed by atoms with van der Waals surface area (Å²) in [4.78, 5) is 0. The van der Waals surface area contributed by atoms with E-state index in [1.807, 2.05) is 0 Å². The normalized spacial score (nSPS) is 14.8. The zero-order chi connectivity index (χ0) is 9.82. The van der Waals surface area contributed by atoms with E-state index in [2.05, 4.69) is 34.6 Å². The Hall–Kier alpha value is 0. The van der Waals surface area contributed by atoms with Crippen LogP contribution in [-0.4, -0.2) is 0 Å². The summed E-state index contributed by atoms with van der Waals surface area (Å²) in [6.45, 7) is 10.8. The second kappa shape index (κ2) is 13.6. The van der Waals surface area contributed by atoms with Crippen LogP contribution >= 0.6 is 0 Å². The van der Waals surface area contributed by atoms with Gasteiger partial charge in [-0.05, 0) is 5.92 Å². The van der Waals surface area contributed by atoms with Crippen molar-refractivity contribution in [1.82, 2.24) is 0 Å². The quantitative estimate of drug-likeness (QED) is 0.520. The van der Waals surface area contributed by atoms with Crippen LogP contribution in [0.15, 0.2) is 0 Å². The van der Waals surface area contributed by atoms with Crippen molar-refractivity contribution in [1.29, 1.82) is 0 Å². The van der Waals surface area contributed by atoms with Crippen LogP contribution in [0.3, 0.4) is 0 Å². The van der Waals surface area contributed by atoms with Crippen molar-refractivity contribution in [2.45, 2.75) is 73.1 Å². The van der Waals surface area contributed by atoms with Crippen molar-refractivity contribution in [2.75, 3.05) is 0 Å². The fraction of sp³-hybridized carbons (Fsp3) is 1.00. The van der Waals surface area contributed by atoms with Gasteiger partial charge in [0.2, 0.25) is 0 Å². The van der Waals surface area contributed by atoms with Gasteiger partial charge in [0.1, 0.15) is 0 Å². The van der Waals surface area contributed by atoms with E-state index in [-0.39, 0.29) is 0 Å². The molecule has 0 amide bonds. The fourth-order valence-corrected chi connectivity index (χ4v) is 0.901. The molecule has 0 saturated heterocycles. The molecule has 1 rings (SSSR count). The minimum atomic E-state index is 1.12. The van der Waals surface area contributed by atoms with Gasteiger partial charge in [-0.1, -0.05) is 73.1 Å². The van der Waals surface area contributed by atoms with Crippen LogP contribution < -0.4 is 0 Å². The van der Waals surface area contributed by atoms with Gasteiger partial charge < -0.3 is 0 Å². The zero-order valence-electron chi connectivity index (χ0n) is 9.82. The van der Waals surface area contributed by atoms with E-state index in [0.29, 0.717) is 0 Å². The zero-order valence-corrected chi connectivity index (χ0v) is 9.82. The molecule has 0 bridgehead atoms. The summed E-state index contributed by atoms with van der Waals surface area (Å²) >= 11 is 0. The average molecular weight is 172 g/mol. The summed E-state index contributed by atoms with van der Waals surface area (Å²) in [6.07, 6.45) is 8.44. The van der Waals surface area contributed by atoms with Crippen LogP contribution in [0.1, 0.15) is 73.1 Å². The first-order valence-electron chi connectivity index (χ1n) is 5.76. The number of hydrogen-bond acceptors (Lipinski definition) is 0. The summed E-state index contributed by atoms with van der Waals surface area (Å²) in [5.41, 5.74) is 0. The molecule has 76 valence electrons. The van der Waals surface area contributed by atoms with Crippen molar-refractivity contribution in [3.63, 3.8) is 0 Å². The van der Waals surface area contributed by atoms with Crippen molar-refractivity contribution < 1.29 is 0 Å². The van der Waals surface area contributed by atoms with E-state index >= 15 is 0 Å². The van der Waals surface area contributed by atoms with Gasteiger partial charge in [0, 0.05) is 0 Å². The van der Waals surface area contributed by atoms with Crippen molar-refractivity contribution in [2.24, 2.45) is 5.92 Å². The molecule has 0 aromatic carbocycles. The topological polar surface area (TPSA) is 0 Å². The summed E-state index contributed by atoms with van der Waals surface area (Å²) in [7, 11) is 0. The molecule has 0 heterocycles. The molecule has 0 unspecified atom stereocenters. The highest BCUT2D eigenvalue weighted by Crippen LogP contribution is 2.28. The second-order valence-corrected chi connectivity index (χ2v) is 3.62. The predicted molar refractivity (Wildman–Crippen MR) is 59.6 cm³/mol. The summed E-state index contributed by atoms with van der Waals surface area (Å²) < 4.78 is 0. The first-order valence-corrected chi connectivity index (χ1v) is 5.76. The van der Waals surface area contributed by atoms with Gasteiger partial charge in [-0.3, -0.25) is 0 Å². The van der Waals surface area contributed by atoms with Gasteiger partial charge in [-0.15, -0.1) is 0 Å². The first kappa shape index (κ1) is 14.5. The molecule has 1 aliphatic carbocycles. The minimum absolute atomic E-state index is 1.12. The van der Waals surface area contributed by atoms with Crippen molar-refractivity contribution >= 4 is 0 Å². The molecule has 0 heteroatoms. The fourth-order valence-electron chi connectivity index (χ4n) is 0.901. The standard InChI is InChI=1S/C6H12.2C3H8/c1-2-6-4-3-5-6;2*1-3-2/h6H,2-5H2,1H3;2*3H2,1-2H3. The Labute approximate surface area is 79.8 Å². The first-order chi connectivity index (χ1) is 5.76. The van der Waals surface area contributed by atoms with Crippen LogP contribution in [0.2, 0.25) is 0 Å². The highest BCUT2D eigenvalue weighted by Gasteiger charge is 2.13. The highest BCUT2D eigenvalue weighted by molar-refractivity contribution is 4.66. The van der Waals surface area contributed by atoms with E-state index in [9.17, 15) is 0 Å². The van der Waals surface area contributed by atoms with Gasteiger partial charge in [0.05, 0.1) is 0 Å². The molecule has 12 heavy (non-hydrogen) atoms. The van der Waals surface area contributed by atoms with Gasteiger partial charge in [0.25, 0.3) is 0 Å². The number of rotatable bonds is 1. The summed E-state index contributed by atoms with van der Waals surface area (Å²) in [5, 5.41) is 0. The average Bonchev–Trinajstić information content (AvgIpc) is 1.88. The van der Waals surface area contributed by atoms with Crippen LogP contribution in [0, 0.1) is 5.92 Å². The molecule has 0 N–H and O–H groups in total. The van der Waals surface area contributed by atoms with E-state index in [0.717, 1.165) is 5.92 Å². The Morgan fingerprint density at radius 3 is 1.17 bits per heavy atom. The maximum absolute atomic E-state index is 2.28. The smallest absolute Gasteiger partial charge is 0.0417 e. The lowest BCUT2D eigenvalue weighted by molar-refractivity contribution is 0.307. The Balaban J connectivity index is 0. The Kier molecular flexibility index (Phi) is 16.4.